The minimum absolute atomic E-state index is 0.162. The van der Waals surface area contributed by atoms with E-state index in [1.165, 1.54) is 12.1 Å². The van der Waals surface area contributed by atoms with Crippen LogP contribution in [0.15, 0.2) is 42.6 Å². The number of benzene rings is 1. The molecule has 1 heterocycles. The summed E-state index contributed by atoms with van der Waals surface area (Å²) in [6, 6.07) is 9.69. The molecule has 0 radical (unpaired) electrons. The number of aromatic nitrogens is 1. The van der Waals surface area contributed by atoms with Crippen molar-refractivity contribution in [3.05, 3.63) is 59.4 Å². The first kappa shape index (κ1) is 12.4. The molecule has 2 aromatic rings. The molecule has 0 aliphatic rings. The first-order valence-corrected chi connectivity index (χ1v) is 5.32. The largest absolute Gasteiger partial charge is 0.433 e. The lowest BCUT2D eigenvalue weighted by Crippen LogP contribution is -2.11. The van der Waals surface area contributed by atoms with E-state index >= 15 is 0 Å². The molecule has 5 heteroatoms. The van der Waals surface area contributed by atoms with Gasteiger partial charge in [-0.15, -0.1) is 0 Å². The zero-order valence-electron chi connectivity index (χ0n) is 9.41. The Kier molecular flexibility index (Phi) is 3.23. The molecule has 18 heavy (non-hydrogen) atoms. The van der Waals surface area contributed by atoms with Gasteiger partial charge < -0.3 is 5.73 Å². The van der Waals surface area contributed by atoms with Gasteiger partial charge in [0.05, 0.1) is 0 Å². The van der Waals surface area contributed by atoms with Crippen molar-refractivity contribution < 1.29 is 13.2 Å². The van der Waals surface area contributed by atoms with E-state index in [1.807, 2.05) is 0 Å². The molecular weight excluding hydrogens is 241 g/mol. The quantitative estimate of drug-likeness (QED) is 0.833. The standard InChI is InChI=1S/C13H11F3N2/c14-13(15,16)12-10(2-1-7-18-12)8-9-3-5-11(17)6-4-9/h1-7H,8,17H2. The Balaban J connectivity index is 2.32. The van der Waals surface area contributed by atoms with Crippen LogP contribution in [0.1, 0.15) is 16.8 Å². The van der Waals surface area contributed by atoms with Gasteiger partial charge in [0.15, 0.2) is 0 Å². The van der Waals surface area contributed by atoms with Crippen molar-refractivity contribution in [1.29, 1.82) is 0 Å². The Morgan fingerprint density at radius 3 is 2.33 bits per heavy atom. The Hall–Kier alpha value is -2.04. The van der Waals surface area contributed by atoms with E-state index in [-0.39, 0.29) is 12.0 Å². The van der Waals surface area contributed by atoms with Crippen molar-refractivity contribution in [3.63, 3.8) is 0 Å². The Morgan fingerprint density at radius 2 is 1.72 bits per heavy atom. The monoisotopic (exact) mass is 252 g/mol. The molecule has 0 unspecified atom stereocenters. The Morgan fingerprint density at radius 1 is 1.06 bits per heavy atom. The van der Waals surface area contributed by atoms with Gasteiger partial charge in [-0.05, 0) is 35.7 Å². The maximum absolute atomic E-state index is 12.7. The number of hydrogen-bond donors (Lipinski definition) is 1. The van der Waals surface area contributed by atoms with E-state index in [4.69, 9.17) is 5.73 Å². The molecule has 1 aromatic heterocycles. The molecule has 0 fully saturated rings. The van der Waals surface area contributed by atoms with Gasteiger partial charge in [-0.3, -0.25) is 4.98 Å². The minimum atomic E-state index is -4.43. The summed E-state index contributed by atoms with van der Waals surface area (Å²) >= 11 is 0. The lowest BCUT2D eigenvalue weighted by atomic mass is 10.0. The second-order valence-corrected chi connectivity index (χ2v) is 3.93. The fraction of sp³-hybridized carbons (Fsp3) is 0.154. The molecule has 0 bridgehead atoms. The second kappa shape index (κ2) is 4.68. The third kappa shape index (κ3) is 2.80. The third-order valence-electron chi connectivity index (χ3n) is 2.53. The van der Waals surface area contributed by atoms with Gasteiger partial charge in [0, 0.05) is 11.9 Å². The zero-order chi connectivity index (χ0) is 13.2. The van der Waals surface area contributed by atoms with Crippen molar-refractivity contribution in [2.75, 3.05) is 5.73 Å². The molecule has 0 amide bonds. The van der Waals surface area contributed by atoms with E-state index in [0.717, 1.165) is 11.8 Å². The highest BCUT2D eigenvalue weighted by Crippen LogP contribution is 2.31. The molecule has 0 atom stereocenters. The van der Waals surface area contributed by atoms with Gasteiger partial charge in [-0.1, -0.05) is 18.2 Å². The van der Waals surface area contributed by atoms with E-state index in [2.05, 4.69) is 4.98 Å². The molecule has 0 aliphatic carbocycles. The molecule has 2 rings (SSSR count). The number of pyridine rings is 1. The molecule has 0 saturated heterocycles. The van der Waals surface area contributed by atoms with E-state index < -0.39 is 11.9 Å². The van der Waals surface area contributed by atoms with Crippen molar-refractivity contribution in [1.82, 2.24) is 4.98 Å². The highest BCUT2D eigenvalue weighted by molar-refractivity contribution is 5.41. The molecule has 0 saturated carbocycles. The Labute approximate surface area is 102 Å². The average Bonchev–Trinajstić information content (AvgIpc) is 2.31. The second-order valence-electron chi connectivity index (χ2n) is 3.93. The molecule has 2 nitrogen and oxygen atoms in total. The topological polar surface area (TPSA) is 38.9 Å². The van der Waals surface area contributed by atoms with Gasteiger partial charge >= 0.3 is 6.18 Å². The van der Waals surface area contributed by atoms with Crippen LogP contribution in [0.5, 0.6) is 0 Å². The van der Waals surface area contributed by atoms with Crippen LogP contribution in [-0.4, -0.2) is 4.98 Å². The van der Waals surface area contributed by atoms with Gasteiger partial charge in [0.1, 0.15) is 5.69 Å². The summed E-state index contributed by atoms with van der Waals surface area (Å²) in [5, 5.41) is 0. The summed E-state index contributed by atoms with van der Waals surface area (Å²) < 4.78 is 38.2. The van der Waals surface area contributed by atoms with Gasteiger partial charge in [-0.25, -0.2) is 0 Å². The van der Waals surface area contributed by atoms with Gasteiger partial charge in [-0.2, -0.15) is 13.2 Å². The molecular formula is C13H11F3N2. The van der Waals surface area contributed by atoms with Gasteiger partial charge in [0.25, 0.3) is 0 Å². The number of rotatable bonds is 2. The van der Waals surface area contributed by atoms with Crippen LogP contribution in [0.4, 0.5) is 18.9 Å². The maximum atomic E-state index is 12.7. The Bertz CT molecular complexity index is 533. The van der Waals surface area contributed by atoms with E-state index in [0.29, 0.717) is 5.69 Å². The molecule has 1 aromatic carbocycles. The summed E-state index contributed by atoms with van der Waals surface area (Å²) in [4.78, 5) is 3.41. The number of hydrogen-bond acceptors (Lipinski definition) is 2. The third-order valence-corrected chi connectivity index (χ3v) is 2.53. The summed E-state index contributed by atoms with van der Waals surface area (Å²) in [7, 11) is 0. The number of nitrogen functional groups attached to an aromatic ring is 1. The first-order chi connectivity index (χ1) is 8.47. The summed E-state index contributed by atoms with van der Waals surface area (Å²) in [5.41, 5.74) is 6.21. The van der Waals surface area contributed by atoms with Crippen LogP contribution in [-0.2, 0) is 12.6 Å². The lowest BCUT2D eigenvalue weighted by molar-refractivity contribution is -0.141. The number of anilines is 1. The summed E-state index contributed by atoms with van der Waals surface area (Å²) in [6.45, 7) is 0. The van der Waals surface area contributed by atoms with Crippen molar-refractivity contribution in [2.45, 2.75) is 12.6 Å². The van der Waals surface area contributed by atoms with Crippen molar-refractivity contribution >= 4 is 5.69 Å². The molecule has 2 N–H and O–H groups in total. The molecule has 0 aliphatic heterocycles. The van der Waals surface area contributed by atoms with E-state index in [9.17, 15) is 13.2 Å². The lowest BCUT2D eigenvalue weighted by Gasteiger charge is -2.11. The normalized spacial score (nSPS) is 11.5. The SMILES string of the molecule is Nc1ccc(Cc2cccnc2C(F)(F)F)cc1. The first-order valence-electron chi connectivity index (χ1n) is 5.32. The van der Waals surface area contributed by atoms with Crippen LogP contribution in [0.3, 0.4) is 0 Å². The average molecular weight is 252 g/mol. The van der Waals surface area contributed by atoms with Crippen LogP contribution >= 0.6 is 0 Å². The summed E-state index contributed by atoms with van der Waals surface area (Å²) in [6.07, 6.45) is -3.09. The highest BCUT2D eigenvalue weighted by atomic mass is 19.4. The smallest absolute Gasteiger partial charge is 0.399 e. The van der Waals surface area contributed by atoms with E-state index in [1.54, 1.807) is 24.3 Å². The fourth-order valence-electron chi connectivity index (χ4n) is 1.69. The van der Waals surface area contributed by atoms with Crippen LogP contribution < -0.4 is 5.73 Å². The maximum Gasteiger partial charge on any atom is 0.433 e. The minimum Gasteiger partial charge on any atom is -0.399 e. The van der Waals surface area contributed by atoms with Gasteiger partial charge in [0.2, 0.25) is 0 Å². The zero-order valence-corrected chi connectivity index (χ0v) is 9.41. The van der Waals surface area contributed by atoms with Crippen LogP contribution in [0.25, 0.3) is 0 Å². The predicted molar refractivity (Wildman–Crippen MR) is 62.9 cm³/mol. The highest BCUT2D eigenvalue weighted by Gasteiger charge is 2.34. The van der Waals surface area contributed by atoms with Crippen molar-refractivity contribution in [3.8, 4) is 0 Å². The number of nitrogens with two attached hydrogens (primary N) is 1. The number of halogens is 3. The summed E-state index contributed by atoms with van der Waals surface area (Å²) in [5.74, 6) is 0. The predicted octanol–water partition coefficient (Wildman–Crippen LogP) is 3.27. The molecule has 94 valence electrons. The van der Waals surface area contributed by atoms with Crippen molar-refractivity contribution in [2.24, 2.45) is 0 Å². The van der Waals surface area contributed by atoms with Crippen LogP contribution in [0, 0.1) is 0 Å². The molecule has 0 spiro atoms. The van der Waals surface area contributed by atoms with Crippen LogP contribution in [0.2, 0.25) is 0 Å². The number of nitrogens with zero attached hydrogens (tertiary/aromatic N) is 1. The number of alkyl halides is 3. The fourth-order valence-corrected chi connectivity index (χ4v) is 1.69.